The second kappa shape index (κ2) is 6.68. The lowest BCUT2D eigenvalue weighted by molar-refractivity contribution is -0.135. The molecule has 26 heavy (non-hydrogen) atoms. The molecule has 134 valence electrons. The summed E-state index contributed by atoms with van der Waals surface area (Å²) in [5, 5.41) is 17.8. The largest absolute Gasteiger partial charge is 0.494 e. The third kappa shape index (κ3) is 2.97. The van der Waals surface area contributed by atoms with Crippen molar-refractivity contribution in [2.45, 2.75) is 32.0 Å². The molecule has 0 saturated carbocycles. The van der Waals surface area contributed by atoms with Crippen molar-refractivity contribution in [3.8, 4) is 5.88 Å². The zero-order chi connectivity index (χ0) is 18.1. The fraction of sp³-hybridized carbons (Fsp3) is 0.263. The quantitative estimate of drug-likeness (QED) is 0.611. The standard InChI is InChI=1S/C19H19N3O4/c23-17-7-6-16(18(24)21-17)22-11-15-12(3-1-5-14(15)19(22)25)9-20-10-13-4-2-8-26-13/h1-5,8,11,16,20,25H,6-7,9-10H2,(H,21,23,24). The number of benzene rings is 1. The van der Waals surface area contributed by atoms with Gasteiger partial charge in [0, 0.05) is 29.9 Å². The fourth-order valence-corrected chi connectivity index (χ4v) is 3.37. The van der Waals surface area contributed by atoms with Crippen LogP contribution in [-0.4, -0.2) is 21.5 Å². The highest BCUT2D eigenvalue weighted by atomic mass is 16.3. The summed E-state index contributed by atoms with van der Waals surface area (Å²) in [7, 11) is 0. The van der Waals surface area contributed by atoms with Crippen molar-refractivity contribution in [2.75, 3.05) is 0 Å². The number of nitrogens with zero attached hydrogens (tertiary/aromatic N) is 1. The number of carbonyl (C=O) groups is 2. The summed E-state index contributed by atoms with van der Waals surface area (Å²) in [6.45, 7) is 1.19. The molecule has 7 nitrogen and oxygen atoms in total. The smallest absolute Gasteiger partial charge is 0.249 e. The first-order valence-corrected chi connectivity index (χ1v) is 8.51. The van der Waals surface area contributed by atoms with Crippen LogP contribution in [0.4, 0.5) is 0 Å². The van der Waals surface area contributed by atoms with Crippen LogP contribution in [0.15, 0.2) is 47.2 Å². The Morgan fingerprint density at radius 1 is 1.19 bits per heavy atom. The molecule has 1 atom stereocenters. The molecule has 0 radical (unpaired) electrons. The molecule has 1 unspecified atom stereocenters. The molecular formula is C19H19N3O4. The first-order valence-electron chi connectivity index (χ1n) is 8.51. The average molecular weight is 353 g/mol. The van der Waals surface area contributed by atoms with Crippen LogP contribution in [0.1, 0.15) is 30.2 Å². The topological polar surface area (TPSA) is 96.5 Å². The third-order valence-electron chi connectivity index (χ3n) is 4.69. The summed E-state index contributed by atoms with van der Waals surface area (Å²) in [4.78, 5) is 23.5. The Morgan fingerprint density at radius 3 is 2.85 bits per heavy atom. The predicted molar refractivity (Wildman–Crippen MR) is 94.3 cm³/mol. The Hall–Kier alpha value is -3.06. The normalized spacial score (nSPS) is 17.6. The lowest BCUT2D eigenvalue weighted by atomic mass is 10.1. The Kier molecular flexibility index (Phi) is 4.22. The van der Waals surface area contributed by atoms with Crippen LogP contribution in [0, 0.1) is 0 Å². The number of furan rings is 1. The van der Waals surface area contributed by atoms with Crippen molar-refractivity contribution in [3.63, 3.8) is 0 Å². The molecule has 0 aliphatic carbocycles. The van der Waals surface area contributed by atoms with Crippen LogP contribution < -0.4 is 10.6 Å². The maximum absolute atomic E-state index is 12.1. The number of amides is 2. The summed E-state index contributed by atoms with van der Waals surface area (Å²) in [6, 6.07) is 8.84. The third-order valence-corrected chi connectivity index (χ3v) is 4.69. The van der Waals surface area contributed by atoms with Gasteiger partial charge in [-0.1, -0.05) is 12.1 Å². The van der Waals surface area contributed by atoms with Gasteiger partial charge in [0.25, 0.3) is 0 Å². The molecule has 0 bridgehead atoms. The van der Waals surface area contributed by atoms with Gasteiger partial charge < -0.3 is 19.4 Å². The molecule has 2 amide bonds. The summed E-state index contributed by atoms with van der Waals surface area (Å²) >= 11 is 0. The van der Waals surface area contributed by atoms with Gasteiger partial charge in [-0.15, -0.1) is 0 Å². The van der Waals surface area contributed by atoms with Crippen LogP contribution in [0.25, 0.3) is 10.8 Å². The molecule has 7 heteroatoms. The summed E-state index contributed by atoms with van der Waals surface area (Å²) in [5.74, 6) is 0.239. The first-order chi connectivity index (χ1) is 12.6. The van der Waals surface area contributed by atoms with Gasteiger partial charge in [-0.05, 0) is 30.2 Å². The van der Waals surface area contributed by atoms with E-state index in [0.717, 1.165) is 16.7 Å². The van der Waals surface area contributed by atoms with Gasteiger partial charge in [-0.2, -0.15) is 0 Å². The van der Waals surface area contributed by atoms with E-state index < -0.39 is 6.04 Å². The minimum absolute atomic E-state index is 0.0439. The molecule has 1 aromatic carbocycles. The van der Waals surface area contributed by atoms with Crippen LogP contribution in [-0.2, 0) is 22.7 Å². The number of piperidine rings is 1. The fourth-order valence-electron chi connectivity index (χ4n) is 3.37. The molecule has 3 N–H and O–H groups in total. The summed E-state index contributed by atoms with van der Waals surface area (Å²) < 4.78 is 6.86. The zero-order valence-electron chi connectivity index (χ0n) is 14.1. The molecule has 2 aromatic heterocycles. The maximum atomic E-state index is 12.1. The van der Waals surface area contributed by atoms with Gasteiger partial charge in [0.05, 0.1) is 12.8 Å². The Labute approximate surface area is 149 Å². The van der Waals surface area contributed by atoms with E-state index in [1.165, 1.54) is 0 Å². The number of nitrogens with one attached hydrogen (secondary N) is 2. The Bertz CT molecular complexity index is 959. The Morgan fingerprint density at radius 2 is 2.08 bits per heavy atom. The van der Waals surface area contributed by atoms with E-state index >= 15 is 0 Å². The monoisotopic (exact) mass is 353 g/mol. The van der Waals surface area contributed by atoms with E-state index in [0.29, 0.717) is 24.9 Å². The van der Waals surface area contributed by atoms with E-state index in [-0.39, 0.29) is 24.1 Å². The molecule has 0 spiro atoms. The minimum Gasteiger partial charge on any atom is -0.494 e. The van der Waals surface area contributed by atoms with Crippen molar-refractivity contribution in [1.29, 1.82) is 0 Å². The van der Waals surface area contributed by atoms with E-state index in [1.54, 1.807) is 17.0 Å². The first kappa shape index (κ1) is 16.4. The Balaban J connectivity index is 1.60. The number of rotatable bonds is 5. The molecule has 1 saturated heterocycles. The van der Waals surface area contributed by atoms with Crippen molar-refractivity contribution in [3.05, 3.63) is 54.1 Å². The van der Waals surface area contributed by atoms with Gasteiger partial charge >= 0.3 is 0 Å². The van der Waals surface area contributed by atoms with E-state index in [9.17, 15) is 14.7 Å². The van der Waals surface area contributed by atoms with Gasteiger partial charge in [0.15, 0.2) is 5.88 Å². The molecule has 1 aliphatic heterocycles. The second-order valence-electron chi connectivity index (χ2n) is 6.39. The molecular weight excluding hydrogens is 334 g/mol. The molecule has 1 fully saturated rings. The van der Waals surface area contributed by atoms with Crippen LogP contribution >= 0.6 is 0 Å². The van der Waals surface area contributed by atoms with Crippen LogP contribution in [0.2, 0.25) is 0 Å². The average Bonchev–Trinajstić information content (AvgIpc) is 3.24. The molecule has 1 aliphatic rings. The highest BCUT2D eigenvalue weighted by Crippen LogP contribution is 2.34. The van der Waals surface area contributed by atoms with Crippen molar-refractivity contribution < 1.29 is 19.1 Å². The van der Waals surface area contributed by atoms with Gasteiger partial charge in [0.1, 0.15) is 11.8 Å². The summed E-state index contributed by atoms with van der Waals surface area (Å²) in [6.07, 6.45) is 4.07. The zero-order valence-corrected chi connectivity index (χ0v) is 14.1. The highest BCUT2D eigenvalue weighted by Gasteiger charge is 2.30. The molecule has 4 rings (SSSR count). The van der Waals surface area contributed by atoms with Crippen LogP contribution in [0.3, 0.4) is 0 Å². The number of aromatic nitrogens is 1. The number of fused-ring (bicyclic) bond motifs is 1. The van der Waals surface area contributed by atoms with E-state index in [2.05, 4.69) is 10.6 Å². The number of carbonyl (C=O) groups excluding carboxylic acids is 2. The molecule has 3 heterocycles. The molecule has 3 aromatic rings. The van der Waals surface area contributed by atoms with Crippen molar-refractivity contribution in [2.24, 2.45) is 0 Å². The number of imide groups is 1. The highest BCUT2D eigenvalue weighted by molar-refractivity contribution is 6.00. The van der Waals surface area contributed by atoms with E-state index in [4.69, 9.17) is 4.42 Å². The summed E-state index contributed by atoms with van der Waals surface area (Å²) in [5.41, 5.74) is 1.01. The van der Waals surface area contributed by atoms with E-state index in [1.807, 2.05) is 30.3 Å². The number of hydrogen-bond donors (Lipinski definition) is 3. The SMILES string of the molecule is O=C1CCC(n2cc3c(CNCc4ccco4)cccc3c2O)C(=O)N1. The van der Waals surface area contributed by atoms with Crippen LogP contribution in [0.5, 0.6) is 5.88 Å². The number of hydrogen-bond acceptors (Lipinski definition) is 5. The second-order valence-corrected chi connectivity index (χ2v) is 6.39. The lowest BCUT2D eigenvalue weighted by Crippen LogP contribution is -2.41. The van der Waals surface area contributed by atoms with Crippen molar-refractivity contribution in [1.82, 2.24) is 15.2 Å². The predicted octanol–water partition coefficient (Wildman–Crippen LogP) is 2.21. The van der Waals surface area contributed by atoms with Gasteiger partial charge in [-0.25, -0.2) is 0 Å². The maximum Gasteiger partial charge on any atom is 0.249 e. The number of aromatic hydroxyl groups is 1. The van der Waals surface area contributed by atoms with Crippen molar-refractivity contribution >= 4 is 22.6 Å². The minimum atomic E-state index is -0.580. The lowest BCUT2D eigenvalue weighted by Gasteiger charge is -2.22. The van der Waals surface area contributed by atoms with Gasteiger partial charge in [-0.3, -0.25) is 14.9 Å². The van der Waals surface area contributed by atoms with Gasteiger partial charge in [0.2, 0.25) is 11.8 Å².